The highest BCUT2D eigenvalue weighted by Gasteiger charge is 2.27. The SMILES string of the molecule is COc1cc(-c2nccc(-c3cccc(Nc4cccc(CN5CC(CO)C5)c4F)c3Cl)c2Cl)ccc1CNCC1CCC(=O)N1. The predicted octanol–water partition coefficient (Wildman–Crippen LogP) is 6.41. The number of hydrogen-bond donors (Lipinski definition) is 4. The summed E-state index contributed by atoms with van der Waals surface area (Å²) in [4.78, 5) is 18.2. The Labute approximate surface area is 277 Å². The number of rotatable bonds is 12. The summed E-state index contributed by atoms with van der Waals surface area (Å²) in [6.07, 6.45) is 3.09. The number of amides is 1. The van der Waals surface area contributed by atoms with Gasteiger partial charge in [-0.3, -0.25) is 14.7 Å². The first-order valence-corrected chi connectivity index (χ1v) is 16.1. The third kappa shape index (κ3) is 6.99. The summed E-state index contributed by atoms with van der Waals surface area (Å²) >= 11 is 13.9. The van der Waals surface area contributed by atoms with E-state index in [-0.39, 0.29) is 30.3 Å². The Morgan fingerprint density at radius 3 is 2.59 bits per heavy atom. The monoisotopic (exact) mass is 663 g/mol. The number of nitrogens with zero attached hydrogens (tertiary/aromatic N) is 2. The summed E-state index contributed by atoms with van der Waals surface area (Å²) in [7, 11) is 1.62. The average Bonchev–Trinajstić information content (AvgIpc) is 3.46. The van der Waals surface area contributed by atoms with Gasteiger partial charge in [0.1, 0.15) is 5.75 Å². The summed E-state index contributed by atoms with van der Waals surface area (Å²) in [5.74, 6) is 0.715. The van der Waals surface area contributed by atoms with Gasteiger partial charge in [0.05, 0.1) is 34.2 Å². The largest absolute Gasteiger partial charge is 0.496 e. The van der Waals surface area contributed by atoms with Crippen molar-refractivity contribution < 1.29 is 19.0 Å². The van der Waals surface area contributed by atoms with Crippen molar-refractivity contribution in [2.24, 2.45) is 5.92 Å². The van der Waals surface area contributed by atoms with Crippen LogP contribution in [0.4, 0.5) is 15.8 Å². The lowest BCUT2D eigenvalue weighted by molar-refractivity contribution is -0.119. The first kappa shape index (κ1) is 32.2. The van der Waals surface area contributed by atoms with Crippen molar-refractivity contribution in [2.75, 3.05) is 38.7 Å². The molecule has 46 heavy (non-hydrogen) atoms. The molecule has 4 N–H and O–H groups in total. The summed E-state index contributed by atoms with van der Waals surface area (Å²) in [6, 6.07) is 18.6. The van der Waals surface area contributed by atoms with E-state index in [0.717, 1.165) is 30.6 Å². The first-order valence-electron chi connectivity index (χ1n) is 15.3. The Morgan fingerprint density at radius 2 is 1.83 bits per heavy atom. The summed E-state index contributed by atoms with van der Waals surface area (Å²) in [5.41, 5.74) is 5.15. The Bertz CT molecular complexity index is 1730. The maximum absolute atomic E-state index is 15.5. The van der Waals surface area contributed by atoms with Crippen LogP contribution in [-0.4, -0.2) is 60.3 Å². The lowest BCUT2D eigenvalue weighted by atomic mass is 10.00. The Balaban J connectivity index is 1.20. The molecule has 4 aromatic rings. The summed E-state index contributed by atoms with van der Waals surface area (Å²) in [6.45, 7) is 3.41. The lowest BCUT2D eigenvalue weighted by Crippen LogP contribution is -2.47. The standard InChI is InChI=1S/C35H36Cl2FN5O3/c1-46-30-14-22(8-9-23(30)15-39-16-25-10-11-31(45)41-25)35-33(37)27(12-13-40-35)26-5-3-6-28(32(26)36)42-29-7-2-4-24(34(29)38)19-43-17-21(18-43)20-44/h2-9,12-14,21,25,39,42,44H,10-11,15-20H2,1H3,(H,41,45). The number of likely N-dealkylation sites (tertiary alicyclic amines) is 1. The molecule has 3 aromatic carbocycles. The van der Waals surface area contributed by atoms with Gasteiger partial charge in [-0.15, -0.1) is 0 Å². The third-order valence-electron chi connectivity index (χ3n) is 8.56. The molecule has 0 bridgehead atoms. The van der Waals surface area contributed by atoms with Gasteiger partial charge in [-0.25, -0.2) is 4.39 Å². The third-order valence-corrected chi connectivity index (χ3v) is 9.35. The van der Waals surface area contributed by atoms with Gasteiger partial charge in [0, 0.05) is 91.7 Å². The molecule has 2 aliphatic heterocycles. The number of anilines is 2. The molecule has 0 aliphatic carbocycles. The molecule has 6 rings (SSSR count). The fraction of sp³-hybridized carbons (Fsp3) is 0.314. The van der Waals surface area contributed by atoms with Crippen molar-refractivity contribution in [3.63, 3.8) is 0 Å². The Hall–Kier alpha value is -3.73. The topological polar surface area (TPSA) is 98.8 Å². The summed E-state index contributed by atoms with van der Waals surface area (Å²) in [5, 5.41) is 19.7. The number of nitrogens with one attached hydrogen (secondary N) is 3. The van der Waals surface area contributed by atoms with E-state index in [9.17, 15) is 9.90 Å². The van der Waals surface area contributed by atoms with Crippen LogP contribution in [0.5, 0.6) is 5.75 Å². The number of methoxy groups -OCH3 is 1. The van der Waals surface area contributed by atoms with Gasteiger partial charge < -0.3 is 25.8 Å². The minimum Gasteiger partial charge on any atom is -0.496 e. The number of pyridine rings is 1. The van der Waals surface area contributed by atoms with Gasteiger partial charge in [-0.1, -0.05) is 59.6 Å². The minimum absolute atomic E-state index is 0.0972. The first-order chi connectivity index (χ1) is 22.3. The van der Waals surface area contributed by atoms with Crippen LogP contribution in [0.1, 0.15) is 24.0 Å². The average molecular weight is 665 g/mol. The zero-order valence-corrected chi connectivity index (χ0v) is 27.0. The van der Waals surface area contributed by atoms with Crippen molar-refractivity contribution in [2.45, 2.75) is 32.0 Å². The number of aliphatic hydroxyl groups is 1. The highest BCUT2D eigenvalue weighted by molar-refractivity contribution is 6.39. The van der Waals surface area contributed by atoms with E-state index in [1.54, 1.807) is 31.5 Å². The normalized spacial score (nSPS) is 16.7. The van der Waals surface area contributed by atoms with Gasteiger partial charge in [-0.05, 0) is 30.7 Å². The zero-order chi connectivity index (χ0) is 32.2. The van der Waals surface area contributed by atoms with Crippen LogP contribution in [-0.2, 0) is 17.9 Å². The predicted molar refractivity (Wildman–Crippen MR) is 180 cm³/mol. The van der Waals surface area contributed by atoms with Gasteiger partial charge in [0.2, 0.25) is 5.91 Å². The second-order valence-corrected chi connectivity index (χ2v) is 12.6. The second kappa shape index (κ2) is 14.4. The molecule has 1 amide bonds. The molecule has 2 aliphatic rings. The molecular weight excluding hydrogens is 628 g/mol. The van der Waals surface area contributed by atoms with E-state index in [1.165, 1.54) is 0 Å². The molecular formula is C35H36Cl2FN5O3. The van der Waals surface area contributed by atoms with Crippen molar-refractivity contribution in [1.82, 2.24) is 20.5 Å². The van der Waals surface area contributed by atoms with Crippen molar-refractivity contribution in [3.05, 3.63) is 93.8 Å². The van der Waals surface area contributed by atoms with Crippen molar-refractivity contribution in [3.8, 4) is 28.1 Å². The Kier molecular flexibility index (Phi) is 10.1. The lowest BCUT2D eigenvalue weighted by Gasteiger charge is -2.38. The molecule has 0 spiro atoms. The molecule has 3 heterocycles. The smallest absolute Gasteiger partial charge is 0.220 e. The molecule has 240 valence electrons. The van der Waals surface area contributed by atoms with E-state index in [4.69, 9.17) is 27.9 Å². The summed E-state index contributed by atoms with van der Waals surface area (Å²) < 4.78 is 21.2. The van der Waals surface area contributed by atoms with E-state index in [0.29, 0.717) is 75.6 Å². The van der Waals surface area contributed by atoms with Crippen LogP contribution in [0.15, 0.2) is 66.9 Å². The van der Waals surface area contributed by atoms with Gasteiger partial charge in [0.25, 0.3) is 0 Å². The van der Waals surface area contributed by atoms with E-state index >= 15 is 4.39 Å². The van der Waals surface area contributed by atoms with Gasteiger partial charge in [-0.2, -0.15) is 0 Å². The fourth-order valence-corrected chi connectivity index (χ4v) is 6.64. The van der Waals surface area contributed by atoms with Crippen LogP contribution in [0.3, 0.4) is 0 Å². The number of benzene rings is 3. The molecule has 8 nitrogen and oxygen atoms in total. The number of carbonyl (C=O) groups excluding carboxylic acids is 1. The van der Waals surface area contributed by atoms with Crippen molar-refractivity contribution >= 4 is 40.5 Å². The zero-order valence-electron chi connectivity index (χ0n) is 25.5. The van der Waals surface area contributed by atoms with Crippen molar-refractivity contribution in [1.29, 1.82) is 0 Å². The molecule has 0 radical (unpaired) electrons. The Morgan fingerprint density at radius 1 is 1.04 bits per heavy atom. The van der Waals surface area contributed by atoms with Gasteiger partial charge in [0.15, 0.2) is 5.82 Å². The quantitative estimate of drug-likeness (QED) is 0.139. The van der Waals surface area contributed by atoms with Crippen LogP contribution in [0, 0.1) is 11.7 Å². The molecule has 1 atom stereocenters. The highest BCUT2D eigenvalue weighted by Crippen LogP contribution is 2.42. The molecule has 2 fully saturated rings. The van der Waals surface area contributed by atoms with E-state index in [2.05, 4.69) is 25.8 Å². The number of aromatic nitrogens is 1. The molecule has 2 saturated heterocycles. The molecule has 11 heteroatoms. The number of halogens is 3. The number of carbonyl (C=O) groups is 1. The fourth-order valence-electron chi connectivity index (χ4n) is 6.04. The van der Waals surface area contributed by atoms with E-state index < -0.39 is 0 Å². The maximum Gasteiger partial charge on any atom is 0.220 e. The van der Waals surface area contributed by atoms with E-state index in [1.807, 2.05) is 42.5 Å². The highest BCUT2D eigenvalue weighted by atomic mass is 35.5. The molecule has 1 unspecified atom stereocenters. The molecule has 1 aromatic heterocycles. The number of ether oxygens (including phenoxy) is 1. The number of hydrogen-bond acceptors (Lipinski definition) is 7. The second-order valence-electron chi connectivity index (χ2n) is 11.8. The minimum atomic E-state index is -0.335. The van der Waals surface area contributed by atoms with Crippen LogP contribution < -0.4 is 20.7 Å². The maximum atomic E-state index is 15.5. The van der Waals surface area contributed by atoms with Crippen LogP contribution in [0.2, 0.25) is 10.0 Å². The number of aliphatic hydroxyl groups excluding tert-OH is 1. The van der Waals surface area contributed by atoms with Gasteiger partial charge >= 0.3 is 0 Å². The van der Waals surface area contributed by atoms with Crippen LogP contribution in [0.25, 0.3) is 22.4 Å². The van der Waals surface area contributed by atoms with Crippen LogP contribution >= 0.6 is 23.2 Å². The molecule has 0 saturated carbocycles.